The van der Waals surface area contributed by atoms with Crippen molar-refractivity contribution >= 4 is 11.6 Å². The van der Waals surface area contributed by atoms with E-state index in [2.05, 4.69) is 49.0 Å². The molecule has 1 aliphatic rings. The Morgan fingerprint density at radius 1 is 1.33 bits per heavy atom. The molecule has 0 spiro atoms. The molecule has 1 N–H and O–H groups in total. The van der Waals surface area contributed by atoms with E-state index in [9.17, 15) is 0 Å². The van der Waals surface area contributed by atoms with Gasteiger partial charge in [0, 0.05) is 25.6 Å². The summed E-state index contributed by atoms with van der Waals surface area (Å²) in [5.41, 5.74) is 0. The number of hydrogen-bond acceptors (Lipinski definition) is 5. The molecule has 1 aromatic rings. The predicted octanol–water partition coefficient (Wildman–Crippen LogP) is 2.86. The van der Waals surface area contributed by atoms with E-state index in [1.165, 1.54) is 0 Å². The van der Waals surface area contributed by atoms with Gasteiger partial charge < -0.3 is 15.0 Å². The summed E-state index contributed by atoms with van der Waals surface area (Å²) in [6, 6.07) is 2.48. The van der Waals surface area contributed by atoms with Crippen molar-refractivity contribution in [2.75, 3.05) is 29.9 Å². The number of hydrogen-bond donors (Lipinski definition) is 1. The topological polar surface area (TPSA) is 50.3 Å². The van der Waals surface area contributed by atoms with Gasteiger partial charge in [-0.05, 0) is 26.7 Å². The van der Waals surface area contributed by atoms with Crippen molar-refractivity contribution in [3.8, 4) is 0 Å². The van der Waals surface area contributed by atoms with Gasteiger partial charge in [-0.15, -0.1) is 0 Å². The van der Waals surface area contributed by atoms with E-state index in [1.807, 2.05) is 0 Å². The quantitative estimate of drug-likeness (QED) is 0.873. The highest BCUT2D eigenvalue weighted by Gasteiger charge is 2.27. The van der Waals surface area contributed by atoms with Gasteiger partial charge in [0.1, 0.15) is 17.5 Å². The van der Waals surface area contributed by atoms with Crippen LogP contribution >= 0.6 is 0 Å². The van der Waals surface area contributed by atoms with E-state index < -0.39 is 0 Å². The summed E-state index contributed by atoms with van der Waals surface area (Å²) in [5.74, 6) is 2.89. The van der Waals surface area contributed by atoms with E-state index in [1.54, 1.807) is 0 Å². The molecule has 2 heterocycles. The number of ether oxygens (including phenoxy) is 1. The number of morpholine rings is 1. The Labute approximate surface area is 128 Å². The molecule has 2 unspecified atom stereocenters. The molecule has 0 bridgehead atoms. The van der Waals surface area contributed by atoms with E-state index in [-0.39, 0.29) is 6.10 Å². The molecule has 0 amide bonds. The van der Waals surface area contributed by atoms with Gasteiger partial charge in [0.05, 0.1) is 18.8 Å². The lowest BCUT2D eigenvalue weighted by Gasteiger charge is -2.39. The van der Waals surface area contributed by atoms with Gasteiger partial charge in [-0.25, -0.2) is 9.97 Å². The monoisotopic (exact) mass is 292 g/mol. The van der Waals surface area contributed by atoms with Crippen LogP contribution in [-0.4, -0.2) is 41.8 Å². The molecule has 0 aromatic carbocycles. The second-order valence-electron chi connectivity index (χ2n) is 5.67. The molecule has 5 heteroatoms. The number of aromatic nitrogens is 2. The average Bonchev–Trinajstić information content (AvgIpc) is 2.47. The molecule has 0 radical (unpaired) electrons. The maximum absolute atomic E-state index is 5.79. The number of nitrogens with zero attached hydrogens (tertiary/aromatic N) is 3. The fraction of sp³-hybridized carbons (Fsp3) is 0.750. The maximum Gasteiger partial charge on any atom is 0.134 e. The van der Waals surface area contributed by atoms with Crippen LogP contribution in [0, 0.1) is 0 Å². The molecule has 21 heavy (non-hydrogen) atoms. The van der Waals surface area contributed by atoms with Gasteiger partial charge in [-0.2, -0.15) is 0 Å². The maximum atomic E-state index is 5.79. The lowest BCUT2D eigenvalue weighted by Crippen LogP contribution is -2.49. The van der Waals surface area contributed by atoms with Gasteiger partial charge >= 0.3 is 0 Å². The van der Waals surface area contributed by atoms with Crippen LogP contribution in [0.5, 0.6) is 0 Å². The Morgan fingerprint density at radius 2 is 2.14 bits per heavy atom. The molecule has 0 saturated carbocycles. The minimum atomic E-state index is 0.250. The third-order valence-electron chi connectivity index (χ3n) is 3.82. The SMILES string of the molecule is CCCc1nc(NCC)cc(N2CC(C)OCC2CC)n1. The van der Waals surface area contributed by atoms with Gasteiger partial charge in [0.25, 0.3) is 0 Å². The largest absolute Gasteiger partial charge is 0.375 e. The van der Waals surface area contributed by atoms with Crippen molar-refractivity contribution in [3.05, 3.63) is 11.9 Å². The Bertz CT molecular complexity index is 428. The zero-order chi connectivity index (χ0) is 15.2. The molecule has 1 fully saturated rings. The van der Waals surface area contributed by atoms with Crippen molar-refractivity contribution in [1.82, 2.24) is 9.97 Å². The third-order valence-corrected chi connectivity index (χ3v) is 3.82. The number of aryl methyl sites for hydroxylation is 1. The van der Waals surface area contributed by atoms with E-state index in [0.717, 1.165) is 56.4 Å². The third kappa shape index (κ3) is 4.06. The summed E-state index contributed by atoms with van der Waals surface area (Å²) in [7, 11) is 0. The Balaban J connectivity index is 2.30. The van der Waals surface area contributed by atoms with E-state index in [0.29, 0.717) is 6.04 Å². The van der Waals surface area contributed by atoms with Crippen LogP contribution < -0.4 is 10.2 Å². The summed E-state index contributed by atoms with van der Waals surface area (Å²) in [5, 5.41) is 3.32. The van der Waals surface area contributed by atoms with Crippen LogP contribution in [0.25, 0.3) is 0 Å². The first-order valence-corrected chi connectivity index (χ1v) is 8.17. The van der Waals surface area contributed by atoms with Gasteiger partial charge in [0.2, 0.25) is 0 Å². The zero-order valence-electron chi connectivity index (χ0n) is 13.7. The Hall–Kier alpha value is -1.36. The highest BCUT2D eigenvalue weighted by atomic mass is 16.5. The fourth-order valence-corrected chi connectivity index (χ4v) is 2.70. The first-order valence-electron chi connectivity index (χ1n) is 8.17. The van der Waals surface area contributed by atoms with E-state index in [4.69, 9.17) is 9.72 Å². The highest BCUT2D eigenvalue weighted by Crippen LogP contribution is 2.24. The molecule has 2 atom stereocenters. The highest BCUT2D eigenvalue weighted by molar-refractivity contribution is 5.50. The van der Waals surface area contributed by atoms with Crippen molar-refractivity contribution in [2.24, 2.45) is 0 Å². The minimum Gasteiger partial charge on any atom is -0.375 e. The van der Waals surface area contributed by atoms with Crippen LogP contribution in [0.4, 0.5) is 11.6 Å². The van der Waals surface area contributed by atoms with Gasteiger partial charge in [-0.3, -0.25) is 0 Å². The van der Waals surface area contributed by atoms with Crippen molar-refractivity contribution in [1.29, 1.82) is 0 Å². The summed E-state index contributed by atoms with van der Waals surface area (Å²) in [6.45, 7) is 11.1. The smallest absolute Gasteiger partial charge is 0.134 e. The molecule has 5 nitrogen and oxygen atoms in total. The Kier molecular flexibility index (Phi) is 5.79. The van der Waals surface area contributed by atoms with Crippen molar-refractivity contribution in [3.63, 3.8) is 0 Å². The molecule has 0 aliphatic carbocycles. The molecule has 118 valence electrons. The van der Waals surface area contributed by atoms with Crippen molar-refractivity contribution < 1.29 is 4.74 Å². The zero-order valence-corrected chi connectivity index (χ0v) is 13.7. The average molecular weight is 292 g/mol. The number of nitrogens with one attached hydrogen (secondary N) is 1. The lowest BCUT2D eigenvalue weighted by molar-refractivity contribution is 0.0296. The van der Waals surface area contributed by atoms with Gasteiger partial charge in [-0.1, -0.05) is 13.8 Å². The predicted molar refractivity (Wildman–Crippen MR) is 87.0 cm³/mol. The fourth-order valence-electron chi connectivity index (χ4n) is 2.70. The second-order valence-corrected chi connectivity index (χ2v) is 5.67. The minimum absolute atomic E-state index is 0.250. The summed E-state index contributed by atoms with van der Waals surface area (Å²) in [4.78, 5) is 11.8. The first kappa shape index (κ1) is 16.0. The molecular formula is C16H28N4O. The summed E-state index contributed by atoms with van der Waals surface area (Å²) >= 11 is 0. The van der Waals surface area contributed by atoms with Crippen LogP contribution in [0.15, 0.2) is 6.07 Å². The normalized spacial score (nSPS) is 22.4. The molecular weight excluding hydrogens is 264 g/mol. The van der Waals surface area contributed by atoms with Crippen LogP contribution in [0.3, 0.4) is 0 Å². The summed E-state index contributed by atoms with van der Waals surface area (Å²) < 4.78 is 5.79. The summed E-state index contributed by atoms with van der Waals surface area (Å²) in [6.07, 6.45) is 3.30. The van der Waals surface area contributed by atoms with Gasteiger partial charge in [0.15, 0.2) is 0 Å². The Morgan fingerprint density at radius 3 is 2.81 bits per heavy atom. The molecule has 1 saturated heterocycles. The van der Waals surface area contributed by atoms with Crippen molar-refractivity contribution in [2.45, 2.75) is 59.1 Å². The number of rotatable bonds is 6. The lowest BCUT2D eigenvalue weighted by atomic mass is 10.1. The van der Waals surface area contributed by atoms with Crippen LogP contribution in [-0.2, 0) is 11.2 Å². The first-order chi connectivity index (χ1) is 10.2. The molecule has 1 aromatic heterocycles. The van der Waals surface area contributed by atoms with Crippen LogP contribution in [0.2, 0.25) is 0 Å². The number of anilines is 2. The molecule has 2 rings (SSSR count). The standard InChI is InChI=1S/C16H28N4O/c1-5-8-14-18-15(17-7-3)9-16(19-14)20-10-12(4)21-11-13(20)6-2/h9,12-13H,5-8,10-11H2,1-4H3,(H,17,18,19). The second kappa shape index (κ2) is 7.59. The van der Waals surface area contributed by atoms with Crippen LogP contribution in [0.1, 0.15) is 46.4 Å². The van der Waals surface area contributed by atoms with E-state index >= 15 is 0 Å². The molecule has 1 aliphatic heterocycles.